The van der Waals surface area contributed by atoms with E-state index in [2.05, 4.69) is 4.99 Å². The zero-order valence-electron chi connectivity index (χ0n) is 9.35. The minimum atomic E-state index is -0.546. The summed E-state index contributed by atoms with van der Waals surface area (Å²) in [5.74, 6) is 1.02. The molecule has 0 bridgehead atoms. The van der Waals surface area contributed by atoms with Crippen molar-refractivity contribution in [1.29, 1.82) is 0 Å². The van der Waals surface area contributed by atoms with Gasteiger partial charge in [0.05, 0.1) is 11.3 Å². The summed E-state index contributed by atoms with van der Waals surface area (Å²) in [5.41, 5.74) is 0.249. The second-order valence-electron chi connectivity index (χ2n) is 3.77. The molecule has 0 fully saturated rings. The quantitative estimate of drug-likeness (QED) is 0.435. The second kappa shape index (κ2) is 3.72. The van der Waals surface area contributed by atoms with Crippen molar-refractivity contribution in [3.8, 4) is 11.5 Å². The summed E-state index contributed by atoms with van der Waals surface area (Å²) in [7, 11) is 0. The summed E-state index contributed by atoms with van der Waals surface area (Å²) in [4.78, 5) is 25.6. The highest BCUT2D eigenvalue weighted by Crippen LogP contribution is 2.39. The van der Waals surface area contributed by atoms with E-state index in [0.717, 1.165) is 0 Å². The Morgan fingerprint density at radius 2 is 2.00 bits per heavy atom. The first-order valence-electron chi connectivity index (χ1n) is 5.15. The highest BCUT2D eigenvalue weighted by atomic mass is 16.7. The number of isocyanates is 1. The van der Waals surface area contributed by atoms with Crippen LogP contribution in [0.25, 0.3) is 11.0 Å². The van der Waals surface area contributed by atoms with Gasteiger partial charge in [0.25, 0.3) is 0 Å². The standard InChI is InChI=1S/C12H7NO5/c1-6-11(13-4-14)7-2-9-10(17-5-16-9)3-8(7)18-12(6)15/h2-3H,5H2,1H3. The highest BCUT2D eigenvalue weighted by molar-refractivity contribution is 5.93. The average molecular weight is 245 g/mol. The lowest BCUT2D eigenvalue weighted by molar-refractivity contribution is 0.174. The Kier molecular flexibility index (Phi) is 2.18. The molecule has 1 aliphatic rings. The third-order valence-electron chi connectivity index (χ3n) is 2.75. The van der Waals surface area contributed by atoms with Crippen molar-refractivity contribution in [2.24, 2.45) is 4.99 Å². The third-order valence-corrected chi connectivity index (χ3v) is 2.75. The molecule has 0 aliphatic carbocycles. The van der Waals surface area contributed by atoms with Crippen molar-refractivity contribution in [2.45, 2.75) is 6.92 Å². The average Bonchev–Trinajstić information content (AvgIpc) is 2.80. The van der Waals surface area contributed by atoms with Gasteiger partial charge in [-0.25, -0.2) is 9.59 Å². The maximum atomic E-state index is 11.6. The molecule has 2 aromatic rings. The van der Waals surface area contributed by atoms with Crippen LogP contribution in [0.3, 0.4) is 0 Å². The minimum absolute atomic E-state index is 0.112. The van der Waals surface area contributed by atoms with Crippen LogP contribution in [0.2, 0.25) is 0 Å². The summed E-state index contributed by atoms with van der Waals surface area (Å²) in [6.45, 7) is 1.65. The van der Waals surface area contributed by atoms with Gasteiger partial charge in [-0.1, -0.05) is 0 Å². The molecule has 0 unspecified atom stereocenters. The fourth-order valence-electron chi connectivity index (χ4n) is 1.86. The lowest BCUT2D eigenvalue weighted by Crippen LogP contribution is -2.03. The highest BCUT2D eigenvalue weighted by Gasteiger charge is 2.19. The maximum absolute atomic E-state index is 11.6. The molecule has 0 spiro atoms. The molecule has 0 amide bonds. The van der Waals surface area contributed by atoms with E-state index in [-0.39, 0.29) is 18.0 Å². The van der Waals surface area contributed by atoms with Gasteiger partial charge in [0.15, 0.2) is 11.5 Å². The number of rotatable bonds is 1. The first-order chi connectivity index (χ1) is 8.70. The molecule has 1 aliphatic heterocycles. The van der Waals surface area contributed by atoms with Crippen molar-refractivity contribution < 1.29 is 18.7 Å². The molecule has 2 heterocycles. The van der Waals surface area contributed by atoms with Gasteiger partial charge in [0, 0.05) is 11.5 Å². The van der Waals surface area contributed by atoms with E-state index in [1.165, 1.54) is 13.0 Å². The van der Waals surface area contributed by atoms with E-state index in [9.17, 15) is 9.59 Å². The van der Waals surface area contributed by atoms with Gasteiger partial charge in [-0.05, 0) is 13.0 Å². The van der Waals surface area contributed by atoms with E-state index in [1.54, 1.807) is 12.1 Å². The molecule has 6 nitrogen and oxygen atoms in total. The molecule has 0 saturated heterocycles. The Morgan fingerprint density at radius 1 is 1.28 bits per heavy atom. The summed E-state index contributed by atoms with van der Waals surface area (Å²) < 4.78 is 15.5. The number of ether oxygens (including phenoxy) is 2. The molecular formula is C12H7NO5. The van der Waals surface area contributed by atoms with Crippen LogP contribution in [0, 0.1) is 6.92 Å². The van der Waals surface area contributed by atoms with Crippen LogP contribution in [-0.4, -0.2) is 12.9 Å². The molecule has 0 saturated carbocycles. The number of nitrogens with zero attached hydrogens (tertiary/aromatic N) is 1. The lowest BCUT2D eigenvalue weighted by atomic mass is 10.1. The van der Waals surface area contributed by atoms with Crippen molar-refractivity contribution in [3.63, 3.8) is 0 Å². The van der Waals surface area contributed by atoms with E-state index in [4.69, 9.17) is 13.9 Å². The topological polar surface area (TPSA) is 78.1 Å². The lowest BCUT2D eigenvalue weighted by Gasteiger charge is -2.04. The van der Waals surface area contributed by atoms with Gasteiger partial charge in [0.2, 0.25) is 12.9 Å². The van der Waals surface area contributed by atoms with Gasteiger partial charge >= 0.3 is 5.63 Å². The van der Waals surface area contributed by atoms with Crippen LogP contribution in [0.4, 0.5) is 5.69 Å². The summed E-state index contributed by atoms with van der Waals surface area (Å²) >= 11 is 0. The molecule has 0 radical (unpaired) electrons. The normalized spacial score (nSPS) is 12.5. The Balaban J connectivity index is 2.46. The Morgan fingerprint density at radius 3 is 2.72 bits per heavy atom. The zero-order chi connectivity index (χ0) is 12.7. The number of hydrogen-bond donors (Lipinski definition) is 0. The van der Waals surface area contributed by atoms with Gasteiger partial charge < -0.3 is 13.9 Å². The zero-order valence-corrected chi connectivity index (χ0v) is 9.35. The smallest absolute Gasteiger partial charge is 0.341 e. The fourth-order valence-corrected chi connectivity index (χ4v) is 1.86. The fraction of sp³-hybridized carbons (Fsp3) is 0.167. The van der Waals surface area contributed by atoms with Gasteiger partial charge in [-0.3, -0.25) is 0 Å². The molecule has 1 aromatic carbocycles. The molecule has 1 aromatic heterocycles. The Hall–Kier alpha value is -2.59. The predicted octanol–water partition coefficient (Wildman–Crippen LogP) is 1.80. The van der Waals surface area contributed by atoms with Crippen LogP contribution in [0.1, 0.15) is 5.56 Å². The van der Waals surface area contributed by atoms with Crippen LogP contribution in [-0.2, 0) is 4.79 Å². The monoisotopic (exact) mass is 245 g/mol. The van der Waals surface area contributed by atoms with Crippen molar-refractivity contribution >= 4 is 22.7 Å². The molecule has 18 heavy (non-hydrogen) atoms. The van der Waals surface area contributed by atoms with Crippen LogP contribution < -0.4 is 15.1 Å². The Labute approximate surface area is 100 Å². The number of hydrogen-bond acceptors (Lipinski definition) is 6. The van der Waals surface area contributed by atoms with Gasteiger partial charge in [-0.2, -0.15) is 4.99 Å². The number of fused-ring (bicyclic) bond motifs is 2. The second-order valence-corrected chi connectivity index (χ2v) is 3.77. The van der Waals surface area contributed by atoms with E-state index in [1.807, 2.05) is 0 Å². The van der Waals surface area contributed by atoms with Crippen LogP contribution in [0.15, 0.2) is 26.3 Å². The number of carbonyl (C=O) groups excluding carboxylic acids is 1. The van der Waals surface area contributed by atoms with Gasteiger partial charge in [0.1, 0.15) is 5.58 Å². The first-order valence-corrected chi connectivity index (χ1v) is 5.15. The Bertz CT molecular complexity index is 755. The largest absolute Gasteiger partial charge is 0.454 e. The van der Waals surface area contributed by atoms with Crippen LogP contribution in [0.5, 0.6) is 11.5 Å². The molecule has 0 N–H and O–H groups in total. The van der Waals surface area contributed by atoms with Crippen molar-refractivity contribution in [1.82, 2.24) is 0 Å². The van der Waals surface area contributed by atoms with Crippen molar-refractivity contribution in [3.05, 3.63) is 28.1 Å². The predicted molar refractivity (Wildman–Crippen MR) is 61.1 cm³/mol. The maximum Gasteiger partial charge on any atom is 0.341 e. The van der Waals surface area contributed by atoms with Gasteiger partial charge in [-0.15, -0.1) is 0 Å². The summed E-state index contributed by atoms with van der Waals surface area (Å²) in [5, 5.41) is 0.514. The molecule has 0 atom stereocenters. The van der Waals surface area contributed by atoms with E-state index >= 15 is 0 Å². The summed E-state index contributed by atoms with van der Waals surface area (Å²) in [6.07, 6.45) is 1.43. The number of benzene rings is 1. The first kappa shape index (κ1) is 10.6. The minimum Gasteiger partial charge on any atom is -0.454 e. The molecule has 6 heteroatoms. The number of aliphatic imine (C=N–C) groups is 1. The van der Waals surface area contributed by atoms with Crippen molar-refractivity contribution in [2.75, 3.05) is 6.79 Å². The van der Waals surface area contributed by atoms with E-state index in [0.29, 0.717) is 22.5 Å². The molecule has 90 valence electrons. The summed E-state index contributed by atoms with van der Waals surface area (Å²) in [6, 6.07) is 3.17. The SMILES string of the molecule is Cc1c(N=C=O)c2cc3c(cc2oc1=O)OCO3. The molecule has 3 rings (SSSR count). The molecular weight excluding hydrogens is 238 g/mol. The van der Waals surface area contributed by atoms with Crippen LogP contribution >= 0.6 is 0 Å². The third kappa shape index (κ3) is 1.40. The van der Waals surface area contributed by atoms with E-state index < -0.39 is 5.63 Å².